The van der Waals surface area contributed by atoms with Crippen LogP contribution in [0.2, 0.25) is 0 Å². The van der Waals surface area contributed by atoms with Crippen LogP contribution in [0.3, 0.4) is 0 Å². The normalized spacial score (nSPS) is 11.7. The Morgan fingerprint density at radius 2 is 1.06 bits per heavy atom. The first kappa shape index (κ1) is 20.5. The van der Waals surface area contributed by atoms with Crippen LogP contribution >= 0.6 is 0 Å². The van der Waals surface area contributed by atoms with Gasteiger partial charge in [-0.1, -0.05) is 84.9 Å². The molecular weight excluding hydrogens is 410 g/mol. The Balaban J connectivity index is 1.41. The number of fused-ring (bicyclic) bond motifs is 3. The fourth-order valence-electron chi connectivity index (χ4n) is 5.14. The summed E-state index contributed by atoms with van der Waals surface area (Å²) >= 11 is 0. The van der Waals surface area contributed by atoms with Crippen molar-refractivity contribution in [1.82, 2.24) is 0 Å². The number of rotatable bonds is 4. The number of para-hydroxylation sites is 2. The molecule has 0 amide bonds. The summed E-state index contributed by atoms with van der Waals surface area (Å²) in [5.74, 6) is 0. The molecule has 0 aromatic heterocycles. The van der Waals surface area contributed by atoms with E-state index < -0.39 is 0 Å². The number of nitrogens with zero attached hydrogens (tertiary/aromatic N) is 1. The molecule has 1 aliphatic rings. The summed E-state index contributed by atoms with van der Waals surface area (Å²) in [7, 11) is 0. The number of benzene rings is 5. The van der Waals surface area contributed by atoms with Crippen LogP contribution in [0, 0.1) is 13.8 Å². The van der Waals surface area contributed by atoms with Crippen LogP contribution in [0.1, 0.15) is 22.3 Å². The summed E-state index contributed by atoms with van der Waals surface area (Å²) in [6, 6.07) is 41.9. The minimum absolute atomic E-state index is 1.03. The molecule has 0 saturated heterocycles. The van der Waals surface area contributed by atoms with Crippen LogP contribution < -0.4 is 4.90 Å². The van der Waals surface area contributed by atoms with E-state index in [1.807, 2.05) is 0 Å². The summed E-state index contributed by atoms with van der Waals surface area (Å²) in [5, 5.41) is 0. The SMILES string of the molecule is Cc1ccccc1N(c1ccc(-c2ccc3c(c2)-c2ccccc2C3)cc1)c1ccccc1C. The molecule has 0 aliphatic heterocycles. The summed E-state index contributed by atoms with van der Waals surface area (Å²) in [6.07, 6.45) is 1.03. The zero-order valence-corrected chi connectivity index (χ0v) is 19.6. The van der Waals surface area contributed by atoms with E-state index >= 15 is 0 Å². The van der Waals surface area contributed by atoms with E-state index in [9.17, 15) is 0 Å². The van der Waals surface area contributed by atoms with Crippen LogP contribution in [-0.4, -0.2) is 0 Å². The van der Waals surface area contributed by atoms with Gasteiger partial charge in [0.05, 0.1) is 0 Å². The molecule has 0 heterocycles. The predicted octanol–water partition coefficient (Wildman–Crippen LogP) is 9.01. The number of hydrogen-bond acceptors (Lipinski definition) is 1. The van der Waals surface area contributed by atoms with Crippen molar-refractivity contribution in [3.63, 3.8) is 0 Å². The summed E-state index contributed by atoms with van der Waals surface area (Å²) in [6.45, 7) is 4.36. The van der Waals surface area contributed by atoms with E-state index in [2.05, 4.69) is 134 Å². The van der Waals surface area contributed by atoms with E-state index in [4.69, 9.17) is 0 Å². The lowest BCUT2D eigenvalue weighted by Gasteiger charge is -2.28. The van der Waals surface area contributed by atoms with Gasteiger partial charge in [0.25, 0.3) is 0 Å². The Hall–Kier alpha value is -4.10. The summed E-state index contributed by atoms with van der Waals surface area (Å²) in [5.41, 5.74) is 14.2. The Labute approximate surface area is 202 Å². The highest BCUT2D eigenvalue weighted by Gasteiger charge is 2.19. The average Bonchev–Trinajstić information content (AvgIpc) is 3.25. The molecule has 5 aromatic rings. The number of anilines is 3. The average molecular weight is 438 g/mol. The molecule has 6 rings (SSSR count). The molecule has 0 spiro atoms. The van der Waals surface area contributed by atoms with E-state index in [-0.39, 0.29) is 0 Å². The maximum absolute atomic E-state index is 2.37. The lowest BCUT2D eigenvalue weighted by molar-refractivity contribution is 1.23. The fourth-order valence-corrected chi connectivity index (χ4v) is 5.14. The molecule has 0 atom stereocenters. The Morgan fingerprint density at radius 1 is 0.500 bits per heavy atom. The van der Waals surface area contributed by atoms with Gasteiger partial charge < -0.3 is 4.90 Å². The highest BCUT2D eigenvalue weighted by Crippen LogP contribution is 2.41. The lowest BCUT2D eigenvalue weighted by Crippen LogP contribution is -2.12. The third-order valence-electron chi connectivity index (χ3n) is 6.97. The van der Waals surface area contributed by atoms with Crippen molar-refractivity contribution < 1.29 is 0 Å². The molecule has 5 aromatic carbocycles. The maximum Gasteiger partial charge on any atom is 0.0490 e. The number of aryl methyl sites for hydroxylation is 2. The van der Waals surface area contributed by atoms with Crippen molar-refractivity contribution in [1.29, 1.82) is 0 Å². The van der Waals surface area contributed by atoms with E-state index in [1.165, 1.54) is 61.6 Å². The molecule has 0 radical (unpaired) electrons. The van der Waals surface area contributed by atoms with Crippen LogP contribution in [-0.2, 0) is 6.42 Å². The molecule has 0 saturated carbocycles. The van der Waals surface area contributed by atoms with Gasteiger partial charge in [0, 0.05) is 17.1 Å². The fraction of sp³-hybridized carbons (Fsp3) is 0.0909. The van der Waals surface area contributed by atoms with E-state index in [0.717, 1.165) is 6.42 Å². The second-order valence-electron chi connectivity index (χ2n) is 9.16. The molecule has 1 heteroatoms. The first-order valence-electron chi connectivity index (χ1n) is 11.9. The number of hydrogen-bond donors (Lipinski definition) is 0. The predicted molar refractivity (Wildman–Crippen MR) is 144 cm³/mol. The highest BCUT2D eigenvalue weighted by molar-refractivity contribution is 5.84. The molecule has 1 nitrogen and oxygen atoms in total. The van der Waals surface area contributed by atoms with Gasteiger partial charge in [0.1, 0.15) is 0 Å². The third-order valence-corrected chi connectivity index (χ3v) is 6.97. The van der Waals surface area contributed by atoms with E-state index in [1.54, 1.807) is 0 Å². The summed E-state index contributed by atoms with van der Waals surface area (Å²) in [4.78, 5) is 2.37. The molecule has 0 N–H and O–H groups in total. The van der Waals surface area contributed by atoms with Crippen LogP contribution in [0.4, 0.5) is 17.1 Å². The zero-order chi connectivity index (χ0) is 23.1. The van der Waals surface area contributed by atoms with E-state index in [0.29, 0.717) is 0 Å². The molecular formula is C33H27N. The molecule has 164 valence electrons. The quantitative estimate of drug-likeness (QED) is 0.266. The van der Waals surface area contributed by atoms with Crippen LogP contribution in [0.5, 0.6) is 0 Å². The standard InChI is InChI=1S/C33H27N/c1-23-9-3-7-13-32(23)34(33-14-8-4-10-24(33)2)29-19-17-25(18-20-29)26-15-16-28-21-27-11-5-6-12-30(27)31(28)22-26/h3-20,22H,21H2,1-2H3. The van der Waals surface area contributed by atoms with Gasteiger partial charge in [-0.3, -0.25) is 0 Å². The lowest BCUT2D eigenvalue weighted by atomic mass is 9.98. The van der Waals surface area contributed by atoms with Gasteiger partial charge in [0.15, 0.2) is 0 Å². The minimum Gasteiger partial charge on any atom is -0.310 e. The van der Waals surface area contributed by atoms with Crippen molar-refractivity contribution in [3.05, 3.63) is 138 Å². The van der Waals surface area contributed by atoms with Crippen molar-refractivity contribution in [2.24, 2.45) is 0 Å². The van der Waals surface area contributed by atoms with Crippen LogP contribution in [0.15, 0.2) is 115 Å². The Morgan fingerprint density at radius 3 is 1.74 bits per heavy atom. The summed E-state index contributed by atoms with van der Waals surface area (Å²) < 4.78 is 0. The third kappa shape index (κ3) is 3.50. The van der Waals surface area contributed by atoms with Gasteiger partial charge in [0.2, 0.25) is 0 Å². The van der Waals surface area contributed by atoms with Gasteiger partial charge in [-0.2, -0.15) is 0 Å². The molecule has 0 fully saturated rings. The van der Waals surface area contributed by atoms with Crippen molar-refractivity contribution in [2.75, 3.05) is 4.90 Å². The maximum atomic E-state index is 2.37. The van der Waals surface area contributed by atoms with Gasteiger partial charge in [-0.05, 0) is 95.1 Å². The second kappa shape index (κ2) is 8.35. The first-order chi connectivity index (χ1) is 16.7. The van der Waals surface area contributed by atoms with Gasteiger partial charge in [-0.25, -0.2) is 0 Å². The smallest absolute Gasteiger partial charge is 0.0490 e. The molecule has 34 heavy (non-hydrogen) atoms. The van der Waals surface area contributed by atoms with Crippen molar-refractivity contribution in [3.8, 4) is 22.3 Å². The topological polar surface area (TPSA) is 3.24 Å². The van der Waals surface area contributed by atoms with Gasteiger partial charge >= 0.3 is 0 Å². The zero-order valence-electron chi connectivity index (χ0n) is 19.6. The van der Waals surface area contributed by atoms with Crippen LogP contribution in [0.25, 0.3) is 22.3 Å². The molecule has 1 aliphatic carbocycles. The Kier molecular flexibility index (Phi) is 5.04. The van der Waals surface area contributed by atoms with Crippen molar-refractivity contribution >= 4 is 17.1 Å². The highest BCUT2D eigenvalue weighted by atomic mass is 15.1. The second-order valence-corrected chi connectivity index (χ2v) is 9.16. The molecule has 0 bridgehead atoms. The largest absolute Gasteiger partial charge is 0.310 e. The Bertz CT molecular complexity index is 1450. The molecule has 0 unspecified atom stereocenters. The monoisotopic (exact) mass is 437 g/mol. The van der Waals surface area contributed by atoms with Crippen molar-refractivity contribution in [2.45, 2.75) is 20.3 Å². The minimum atomic E-state index is 1.03. The first-order valence-corrected chi connectivity index (χ1v) is 11.9. The van der Waals surface area contributed by atoms with Gasteiger partial charge in [-0.15, -0.1) is 0 Å².